The maximum atomic E-state index is 4.60. The van der Waals surface area contributed by atoms with E-state index in [0.29, 0.717) is 5.92 Å². The van der Waals surface area contributed by atoms with Crippen LogP contribution in [0, 0.1) is 5.92 Å². The van der Waals surface area contributed by atoms with E-state index in [1.54, 1.807) is 0 Å². The van der Waals surface area contributed by atoms with Crippen LogP contribution >= 0.6 is 0 Å². The highest BCUT2D eigenvalue weighted by Gasteiger charge is 2.34. The van der Waals surface area contributed by atoms with Crippen LogP contribution in [-0.2, 0) is 19.9 Å². The van der Waals surface area contributed by atoms with Crippen LogP contribution in [0.1, 0.15) is 57.8 Å². The number of aromatic nitrogens is 2. The summed E-state index contributed by atoms with van der Waals surface area (Å²) in [4.78, 5) is 0. The van der Waals surface area contributed by atoms with Gasteiger partial charge < -0.3 is 5.32 Å². The predicted molar refractivity (Wildman–Crippen MR) is 80.3 cm³/mol. The van der Waals surface area contributed by atoms with Crippen LogP contribution in [0.4, 0.5) is 0 Å². The minimum Gasteiger partial charge on any atom is -0.311 e. The van der Waals surface area contributed by atoms with Gasteiger partial charge in [0.1, 0.15) is 0 Å². The van der Waals surface area contributed by atoms with Gasteiger partial charge in [0.25, 0.3) is 0 Å². The van der Waals surface area contributed by atoms with E-state index in [0.717, 1.165) is 19.4 Å². The van der Waals surface area contributed by atoms with Crippen LogP contribution in [0.5, 0.6) is 0 Å². The van der Waals surface area contributed by atoms with E-state index in [4.69, 9.17) is 0 Å². The number of nitrogens with zero attached hydrogens (tertiary/aromatic N) is 2. The quantitative estimate of drug-likeness (QED) is 0.904. The average molecular weight is 263 g/mol. The van der Waals surface area contributed by atoms with Crippen molar-refractivity contribution in [3.8, 4) is 0 Å². The zero-order valence-corrected chi connectivity index (χ0v) is 13.0. The summed E-state index contributed by atoms with van der Waals surface area (Å²) in [7, 11) is 2.08. The number of aryl methyl sites for hydroxylation is 2. The van der Waals surface area contributed by atoms with E-state index >= 15 is 0 Å². The number of nitrogens with one attached hydrogen (secondary N) is 1. The van der Waals surface area contributed by atoms with E-state index in [-0.39, 0.29) is 5.54 Å². The fourth-order valence-electron chi connectivity index (χ4n) is 3.25. The average Bonchev–Trinajstić information content (AvgIpc) is 2.60. The summed E-state index contributed by atoms with van der Waals surface area (Å²) in [6.45, 7) is 8.05. The second-order valence-electron chi connectivity index (χ2n) is 6.33. The third-order valence-corrected chi connectivity index (χ3v) is 4.77. The molecule has 1 unspecified atom stereocenters. The first-order valence-electron chi connectivity index (χ1n) is 7.84. The van der Waals surface area contributed by atoms with Crippen LogP contribution in [-0.4, -0.2) is 21.9 Å². The molecule has 0 amide bonds. The lowest BCUT2D eigenvalue weighted by Crippen LogP contribution is -2.51. The van der Waals surface area contributed by atoms with Gasteiger partial charge in [-0.1, -0.05) is 33.6 Å². The number of hydrogen-bond donors (Lipinski definition) is 1. The van der Waals surface area contributed by atoms with E-state index in [2.05, 4.69) is 49.0 Å². The molecule has 108 valence electrons. The molecule has 1 aromatic rings. The van der Waals surface area contributed by atoms with Crippen molar-refractivity contribution in [2.24, 2.45) is 13.0 Å². The Hall–Kier alpha value is -0.830. The first-order chi connectivity index (χ1) is 9.07. The Morgan fingerprint density at radius 3 is 2.79 bits per heavy atom. The largest absolute Gasteiger partial charge is 0.311 e. The van der Waals surface area contributed by atoms with Crippen molar-refractivity contribution in [2.45, 2.75) is 64.8 Å². The molecule has 1 aliphatic heterocycles. The van der Waals surface area contributed by atoms with Gasteiger partial charge in [-0.15, -0.1) is 0 Å². The van der Waals surface area contributed by atoms with Crippen molar-refractivity contribution in [3.05, 3.63) is 17.5 Å². The van der Waals surface area contributed by atoms with E-state index in [1.807, 2.05) is 0 Å². The van der Waals surface area contributed by atoms with Crippen LogP contribution in [0.15, 0.2) is 6.07 Å². The van der Waals surface area contributed by atoms with Gasteiger partial charge in [-0.2, -0.15) is 5.10 Å². The Morgan fingerprint density at radius 2 is 2.16 bits per heavy atom. The fourth-order valence-corrected chi connectivity index (χ4v) is 3.25. The molecule has 0 aliphatic carbocycles. The Labute approximate surface area is 117 Å². The second kappa shape index (κ2) is 6.08. The summed E-state index contributed by atoms with van der Waals surface area (Å²) in [5.74, 6) is 0.658. The molecule has 0 bridgehead atoms. The van der Waals surface area contributed by atoms with Crippen LogP contribution in [0.2, 0.25) is 0 Å². The molecule has 1 fully saturated rings. The zero-order valence-electron chi connectivity index (χ0n) is 13.0. The van der Waals surface area contributed by atoms with Crippen LogP contribution < -0.4 is 5.32 Å². The van der Waals surface area contributed by atoms with Crippen molar-refractivity contribution >= 4 is 0 Å². The molecule has 3 nitrogen and oxygen atoms in total. The van der Waals surface area contributed by atoms with Gasteiger partial charge in [-0.3, -0.25) is 4.68 Å². The van der Waals surface area contributed by atoms with Crippen LogP contribution in [0.25, 0.3) is 0 Å². The highest BCUT2D eigenvalue weighted by Crippen LogP contribution is 2.30. The Bertz CT molecular complexity index is 398. The molecule has 0 spiro atoms. The van der Waals surface area contributed by atoms with Gasteiger partial charge in [-0.05, 0) is 37.8 Å². The molecular formula is C16H29N3. The second-order valence-corrected chi connectivity index (χ2v) is 6.33. The molecule has 1 aliphatic rings. The summed E-state index contributed by atoms with van der Waals surface area (Å²) < 4.78 is 2.08. The number of hydrogen-bond acceptors (Lipinski definition) is 2. The molecule has 19 heavy (non-hydrogen) atoms. The van der Waals surface area contributed by atoms with Crippen molar-refractivity contribution in [3.63, 3.8) is 0 Å². The Balaban J connectivity index is 2.21. The summed E-state index contributed by atoms with van der Waals surface area (Å²) in [6, 6.07) is 2.29. The minimum absolute atomic E-state index is 0.259. The molecule has 0 saturated carbocycles. The molecule has 1 aromatic heterocycles. The van der Waals surface area contributed by atoms with Gasteiger partial charge in [0, 0.05) is 24.7 Å². The number of rotatable bonds is 4. The third-order valence-electron chi connectivity index (χ3n) is 4.77. The molecule has 1 saturated heterocycles. The topological polar surface area (TPSA) is 29.9 Å². The first kappa shape index (κ1) is 14.6. The highest BCUT2D eigenvalue weighted by atomic mass is 15.3. The minimum atomic E-state index is 0.259. The SMILES string of the molecule is CCc1cc(CC2(C(C)C)CCCCCN2)n(C)n1. The summed E-state index contributed by atoms with van der Waals surface area (Å²) in [6.07, 6.45) is 7.46. The van der Waals surface area contributed by atoms with Gasteiger partial charge in [0.2, 0.25) is 0 Å². The zero-order chi connectivity index (χ0) is 13.9. The molecule has 1 atom stereocenters. The molecule has 0 radical (unpaired) electrons. The maximum absolute atomic E-state index is 4.60. The summed E-state index contributed by atoms with van der Waals surface area (Å²) in [5.41, 5.74) is 2.85. The van der Waals surface area contributed by atoms with Gasteiger partial charge in [-0.25, -0.2) is 0 Å². The summed E-state index contributed by atoms with van der Waals surface area (Å²) >= 11 is 0. The Morgan fingerprint density at radius 1 is 1.37 bits per heavy atom. The molecule has 2 heterocycles. The smallest absolute Gasteiger partial charge is 0.0624 e. The first-order valence-corrected chi connectivity index (χ1v) is 7.84. The molecule has 3 heteroatoms. The van der Waals surface area contributed by atoms with Crippen molar-refractivity contribution in [2.75, 3.05) is 6.54 Å². The van der Waals surface area contributed by atoms with E-state index in [1.165, 1.54) is 37.1 Å². The standard InChI is InChI=1S/C16H29N3/c1-5-14-11-15(19(4)18-14)12-16(13(2)3)9-7-6-8-10-17-16/h11,13,17H,5-10,12H2,1-4H3. The normalized spacial score (nSPS) is 24.7. The monoisotopic (exact) mass is 263 g/mol. The van der Waals surface area contributed by atoms with Crippen molar-refractivity contribution in [1.82, 2.24) is 15.1 Å². The van der Waals surface area contributed by atoms with Crippen LogP contribution in [0.3, 0.4) is 0 Å². The fraction of sp³-hybridized carbons (Fsp3) is 0.812. The molecule has 1 N–H and O–H groups in total. The molecule has 0 aromatic carbocycles. The Kier molecular flexibility index (Phi) is 4.67. The summed E-state index contributed by atoms with van der Waals surface area (Å²) in [5, 5.41) is 8.45. The van der Waals surface area contributed by atoms with Gasteiger partial charge in [0.05, 0.1) is 5.69 Å². The molecular weight excluding hydrogens is 234 g/mol. The lowest BCUT2D eigenvalue weighted by molar-refractivity contribution is 0.222. The van der Waals surface area contributed by atoms with Crippen molar-refractivity contribution < 1.29 is 0 Å². The third kappa shape index (κ3) is 3.19. The van der Waals surface area contributed by atoms with Gasteiger partial charge in [0.15, 0.2) is 0 Å². The van der Waals surface area contributed by atoms with E-state index in [9.17, 15) is 0 Å². The van der Waals surface area contributed by atoms with Crippen molar-refractivity contribution in [1.29, 1.82) is 0 Å². The maximum Gasteiger partial charge on any atom is 0.0624 e. The van der Waals surface area contributed by atoms with E-state index < -0.39 is 0 Å². The lowest BCUT2D eigenvalue weighted by Gasteiger charge is -2.38. The predicted octanol–water partition coefficient (Wildman–Crippen LogP) is 3.08. The van der Waals surface area contributed by atoms with Gasteiger partial charge >= 0.3 is 0 Å². The lowest BCUT2D eigenvalue weighted by atomic mass is 9.78. The molecule has 2 rings (SSSR count). The highest BCUT2D eigenvalue weighted by molar-refractivity contribution is 5.14.